The first-order valence-electron chi connectivity index (χ1n) is 13.3. The third-order valence-electron chi connectivity index (χ3n) is 6.49. The summed E-state index contributed by atoms with van der Waals surface area (Å²) in [7, 11) is -2.81. The van der Waals surface area contributed by atoms with Crippen LogP contribution in [0.3, 0.4) is 0 Å². The molecule has 0 saturated carbocycles. The summed E-state index contributed by atoms with van der Waals surface area (Å²) in [5, 5.41) is 3.67. The van der Waals surface area contributed by atoms with Crippen LogP contribution < -0.4 is 14.4 Å². The van der Waals surface area contributed by atoms with E-state index < -0.39 is 28.5 Å². The smallest absolute Gasteiger partial charge is 0.264 e. The zero-order chi connectivity index (χ0) is 31.0. The van der Waals surface area contributed by atoms with E-state index in [9.17, 15) is 18.0 Å². The van der Waals surface area contributed by atoms with E-state index in [0.717, 1.165) is 4.31 Å². The maximum atomic E-state index is 14.2. The number of amides is 2. The molecule has 2 amide bonds. The predicted octanol–water partition coefficient (Wildman–Crippen LogP) is 6.43. The van der Waals surface area contributed by atoms with Gasteiger partial charge in [0, 0.05) is 28.7 Å². The molecule has 1 N–H and O–H groups in total. The van der Waals surface area contributed by atoms with Crippen molar-refractivity contribution in [3.05, 3.63) is 87.4 Å². The molecule has 226 valence electrons. The minimum absolute atomic E-state index is 0.0212. The zero-order valence-electron chi connectivity index (χ0n) is 23.8. The van der Waals surface area contributed by atoms with Crippen LogP contribution in [0.25, 0.3) is 0 Å². The second kappa shape index (κ2) is 15.0. The Morgan fingerprint density at radius 2 is 1.57 bits per heavy atom. The van der Waals surface area contributed by atoms with Gasteiger partial charge in [-0.1, -0.05) is 79.8 Å². The summed E-state index contributed by atoms with van der Waals surface area (Å²) >= 11 is 19.3. The molecule has 3 aromatic rings. The zero-order valence-corrected chi connectivity index (χ0v) is 26.9. The summed E-state index contributed by atoms with van der Waals surface area (Å²) in [5.41, 5.74) is 0.584. The van der Waals surface area contributed by atoms with Gasteiger partial charge in [0.05, 0.1) is 22.7 Å². The van der Waals surface area contributed by atoms with Gasteiger partial charge >= 0.3 is 0 Å². The molecule has 0 saturated heterocycles. The number of nitrogens with one attached hydrogen (secondary N) is 1. The Labute approximate surface area is 262 Å². The summed E-state index contributed by atoms with van der Waals surface area (Å²) in [6.07, 6.45) is 0.261. The van der Waals surface area contributed by atoms with Gasteiger partial charge in [-0.25, -0.2) is 8.42 Å². The summed E-state index contributed by atoms with van der Waals surface area (Å²) in [4.78, 5) is 28.8. The van der Waals surface area contributed by atoms with E-state index in [2.05, 4.69) is 5.32 Å². The van der Waals surface area contributed by atoms with Crippen molar-refractivity contribution in [3.8, 4) is 5.75 Å². The van der Waals surface area contributed by atoms with Crippen LogP contribution in [0.2, 0.25) is 15.1 Å². The number of carbonyl (C=O) groups is 2. The second-order valence-corrected chi connectivity index (χ2v) is 13.0. The summed E-state index contributed by atoms with van der Waals surface area (Å²) < 4.78 is 34.1. The van der Waals surface area contributed by atoms with E-state index in [1.54, 1.807) is 43.3 Å². The Hall–Kier alpha value is -2.98. The lowest BCUT2D eigenvalue weighted by Crippen LogP contribution is -2.52. The fourth-order valence-electron chi connectivity index (χ4n) is 4.25. The number of ether oxygens (including phenoxy) is 1. The average Bonchev–Trinajstić information content (AvgIpc) is 2.96. The highest BCUT2D eigenvalue weighted by Crippen LogP contribution is 2.33. The third-order valence-corrected chi connectivity index (χ3v) is 9.29. The molecule has 8 nitrogen and oxygen atoms in total. The number of benzene rings is 3. The van der Waals surface area contributed by atoms with Crippen LogP contribution in [0.5, 0.6) is 5.75 Å². The fraction of sp³-hybridized carbons (Fsp3) is 0.333. The minimum atomic E-state index is -4.25. The van der Waals surface area contributed by atoms with Crippen LogP contribution in [-0.2, 0) is 26.2 Å². The van der Waals surface area contributed by atoms with Crippen LogP contribution in [-0.4, -0.2) is 51.4 Å². The highest BCUT2D eigenvalue weighted by atomic mass is 35.5. The lowest BCUT2D eigenvalue weighted by atomic mass is 10.1. The molecule has 12 heteroatoms. The molecule has 0 aliphatic rings. The number of sulfonamides is 1. The summed E-state index contributed by atoms with van der Waals surface area (Å²) in [5.74, 6) is -0.483. The number of nitrogens with zero attached hydrogens (tertiary/aromatic N) is 2. The van der Waals surface area contributed by atoms with Crippen LogP contribution in [0.4, 0.5) is 5.69 Å². The molecule has 0 radical (unpaired) electrons. The van der Waals surface area contributed by atoms with E-state index in [4.69, 9.17) is 39.5 Å². The normalized spacial score (nSPS) is 12.1. The lowest BCUT2D eigenvalue weighted by molar-refractivity contribution is -0.140. The molecular weight excluding hydrogens is 621 g/mol. The van der Waals surface area contributed by atoms with Crippen molar-refractivity contribution in [2.45, 2.75) is 44.7 Å². The Bertz CT molecular complexity index is 1480. The molecule has 3 rings (SSSR count). The molecule has 0 fully saturated rings. The van der Waals surface area contributed by atoms with E-state index in [-0.39, 0.29) is 40.4 Å². The Kier molecular flexibility index (Phi) is 11.9. The van der Waals surface area contributed by atoms with Gasteiger partial charge in [0.2, 0.25) is 11.8 Å². The largest absolute Gasteiger partial charge is 0.495 e. The molecule has 0 aromatic heterocycles. The molecule has 42 heavy (non-hydrogen) atoms. The quantitative estimate of drug-likeness (QED) is 0.229. The molecule has 3 aromatic carbocycles. The molecular formula is C30H34Cl3N3O5S. The van der Waals surface area contributed by atoms with Crippen LogP contribution in [0.1, 0.15) is 32.8 Å². The van der Waals surface area contributed by atoms with E-state index in [1.165, 1.54) is 42.3 Å². The first-order chi connectivity index (χ1) is 19.9. The molecule has 1 atom stereocenters. The molecule has 0 unspecified atom stereocenters. The van der Waals surface area contributed by atoms with Gasteiger partial charge in [-0.05, 0) is 54.8 Å². The average molecular weight is 655 g/mol. The van der Waals surface area contributed by atoms with Crippen molar-refractivity contribution >= 4 is 62.3 Å². The topological polar surface area (TPSA) is 96.0 Å². The van der Waals surface area contributed by atoms with Crippen molar-refractivity contribution in [1.29, 1.82) is 0 Å². The van der Waals surface area contributed by atoms with Gasteiger partial charge in [-0.15, -0.1) is 0 Å². The molecule has 0 aliphatic heterocycles. The number of halogens is 3. The van der Waals surface area contributed by atoms with Crippen LogP contribution >= 0.6 is 34.8 Å². The first kappa shape index (κ1) is 33.5. The Morgan fingerprint density at radius 1 is 0.929 bits per heavy atom. The van der Waals surface area contributed by atoms with Gasteiger partial charge in [-0.3, -0.25) is 13.9 Å². The number of hydrogen-bond acceptors (Lipinski definition) is 5. The van der Waals surface area contributed by atoms with Crippen molar-refractivity contribution in [2.75, 3.05) is 24.5 Å². The number of methoxy groups -OCH3 is 1. The van der Waals surface area contributed by atoms with Crippen molar-refractivity contribution in [2.24, 2.45) is 5.92 Å². The molecule has 0 aliphatic carbocycles. The van der Waals surface area contributed by atoms with Gasteiger partial charge in [0.25, 0.3) is 10.0 Å². The molecule has 0 bridgehead atoms. The van der Waals surface area contributed by atoms with E-state index >= 15 is 0 Å². The van der Waals surface area contributed by atoms with E-state index in [1.807, 2.05) is 13.8 Å². The predicted molar refractivity (Wildman–Crippen MR) is 168 cm³/mol. The summed E-state index contributed by atoms with van der Waals surface area (Å²) in [6, 6.07) is 16.2. The van der Waals surface area contributed by atoms with Crippen LogP contribution in [0.15, 0.2) is 71.6 Å². The number of hydrogen-bond donors (Lipinski definition) is 1. The Morgan fingerprint density at radius 3 is 2.12 bits per heavy atom. The second-order valence-electron chi connectivity index (χ2n) is 9.93. The maximum absolute atomic E-state index is 14.2. The van der Waals surface area contributed by atoms with E-state index in [0.29, 0.717) is 27.9 Å². The van der Waals surface area contributed by atoms with Gasteiger partial charge in [0.1, 0.15) is 18.3 Å². The number of carbonyl (C=O) groups excluding carboxylic acids is 2. The van der Waals surface area contributed by atoms with Gasteiger partial charge in [0.15, 0.2) is 0 Å². The first-order valence-corrected chi connectivity index (χ1v) is 15.9. The van der Waals surface area contributed by atoms with Crippen LogP contribution in [0, 0.1) is 5.92 Å². The highest BCUT2D eigenvalue weighted by Gasteiger charge is 2.34. The lowest BCUT2D eigenvalue weighted by Gasteiger charge is -2.33. The van der Waals surface area contributed by atoms with Gasteiger partial charge in [-0.2, -0.15) is 0 Å². The van der Waals surface area contributed by atoms with Crippen molar-refractivity contribution in [1.82, 2.24) is 10.2 Å². The van der Waals surface area contributed by atoms with Crippen molar-refractivity contribution < 1.29 is 22.7 Å². The number of rotatable bonds is 13. The fourth-order valence-corrected chi connectivity index (χ4v) is 6.45. The standard InChI is InChI=1S/C30H34Cl3N3O5S/c1-5-27(30(38)34-17-20(2)3)35(18-23-24(31)12-9-13-25(23)32)29(37)19-36(21-14-15-28(41-4)26(33)16-21)42(39,40)22-10-7-6-8-11-22/h6-16,20,27H,5,17-19H2,1-4H3,(H,34,38)/t27-/m0/s1. The Balaban J connectivity index is 2.11. The van der Waals surface area contributed by atoms with Crippen molar-refractivity contribution in [3.63, 3.8) is 0 Å². The minimum Gasteiger partial charge on any atom is -0.495 e. The monoisotopic (exact) mass is 653 g/mol. The SMILES string of the molecule is CC[C@@H](C(=O)NCC(C)C)N(Cc1c(Cl)cccc1Cl)C(=O)CN(c1ccc(OC)c(Cl)c1)S(=O)(=O)c1ccccc1. The van der Waals surface area contributed by atoms with Gasteiger partial charge < -0.3 is 15.0 Å². The maximum Gasteiger partial charge on any atom is 0.264 e. The molecule has 0 spiro atoms. The third kappa shape index (κ3) is 8.10. The summed E-state index contributed by atoms with van der Waals surface area (Å²) in [6.45, 7) is 5.35. The number of anilines is 1. The highest BCUT2D eigenvalue weighted by molar-refractivity contribution is 7.92. The molecule has 0 heterocycles.